The average Bonchev–Trinajstić information content (AvgIpc) is 3.13. The first-order valence-electron chi connectivity index (χ1n) is 8.37. The first-order valence-corrected chi connectivity index (χ1v) is 8.37. The minimum atomic E-state index is -0.450. The summed E-state index contributed by atoms with van der Waals surface area (Å²) in [5.41, 5.74) is 2.93. The molecule has 0 N–H and O–H groups in total. The minimum Gasteiger partial charge on any atom is -0.273 e. The largest absolute Gasteiger partial charge is 0.278 e. The van der Waals surface area contributed by atoms with E-state index in [1.54, 1.807) is 24.4 Å². The van der Waals surface area contributed by atoms with E-state index >= 15 is 0 Å². The van der Waals surface area contributed by atoms with Gasteiger partial charge in [-0.1, -0.05) is 24.3 Å². The molecule has 4 rings (SSSR count). The van der Waals surface area contributed by atoms with Gasteiger partial charge in [-0.2, -0.15) is 5.10 Å². The number of aromatic nitrogens is 2. The molecule has 2 aromatic carbocycles. The highest BCUT2D eigenvalue weighted by Gasteiger charge is 2.34. The van der Waals surface area contributed by atoms with Crippen LogP contribution in [0.25, 0.3) is 11.0 Å². The summed E-state index contributed by atoms with van der Waals surface area (Å²) in [6.07, 6.45) is 1.96. The maximum absolute atomic E-state index is 12.1. The lowest BCUT2D eigenvalue weighted by Crippen LogP contribution is -2.25. The number of carbonyl (C=O) groups excluding carboxylic acids is 1. The SMILES string of the molecule is CC(=O)N1N=C(c2ccccc2[N+](=O)[O-])C[C@@H]1c1cnc2ccccc2n1. The zero-order valence-electron chi connectivity index (χ0n) is 14.4. The summed E-state index contributed by atoms with van der Waals surface area (Å²) in [6, 6.07) is 13.4. The lowest BCUT2D eigenvalue weighted by Gasteiger charge is -2.19. The molecule has 1 aromatic heterocycles. The summed E-state index contributed by atoms with van der Waals surface area (Å²) < 4.78 is 0. The monoisotopic (exact) mass is 361 g/mol. The molecule has 0 unspecified atom stereocenters. The molecule has 1 aliphatic heterocycles. The highest BCUT2D eigenvalue weighted by atomic mass is 16.6. The zero-order chi connectivity index (χ0) is 19.0. The van der Waals surface area contributed by atoms with Gasteiger partial charge in [0.05, 0.1) is 39.1 Å². The van der Waals surface area contributed by atoms with Crippen LogP contribution in [0.3, 0.4) is 0 Å². The van der Waals surface area contributed by atoms with Crippen LogP contribution in [0.5, 0.6) is 0 Å². The Morgan fingerprint density at radius 1 is 1.15 bits per heavy atom. The second-order valence-electron chi connectivity index (χ2n) is 6.19. The Morgan fingerprint density at radius 3 is 2.59 bits per heavy atom. The molecule has 0 bridgehead atoms. The first kappa shape index (κ1) is 16.8. The van der Waals surface area contributed by atoms with Crippen LogP contribution in [-0.4, -0.2) is 31.5 Å². The van der Waals surface area contributed by atoms with Gasteiger partial charge in [0, 0.05) is 19.4 Å². The third-order valence-corrected chi connectivity index (χ3v) is 4.45. The zero-order valence-corrected chi connectivity index (χ0v) is 14.4. The highest BCUT2D eigenvalue weighted by Crippen LogP contribution is 2.34. The van der Waals surface area contributed by atoms with Crippen LogP contribution in [0.1, 0.15) is 30.6 Å². The van der Waals surface area contributed by atoms with E-state index in [1.165, 1.54) is 18.0 Å². The summed E-state index contributed by atoms with van der Waals surface area (Å²) in [4.78, 5) is 32.0. The number of carbonyl (C=O) groups is 1. The number of para-hydroxylation sites is 3. The summed E-state index contributed by atoms with van der Waals surface area (Å²) in [6.45, 7) is 1.41. The van der Waals surface area contributed by atoms with Crippen LogP contribution in [0, 0.1) is 10.1 Å². The van der Waals surface area contributed by atoms with Crippen molar-refractivity contribution in [2.75, 3.05) is 0 Å². The van der Waals surface area contributed by atoms with E-state index in [0.717, 1.165) is 11.0 Å². The lowest BCUT2D eigenvalue weighted by atomic mass is 10.0. The maximum Gasteiger partial charge on any atom is 0.278 e. The van der Waals surface area contributed by atoms with Gasteiger partial charge < -0.3 is 0 Å². The molecule has 0 saturated carbocycles. The van der Waals surface area contributed by atoms with E-state index in [-0.39, 0.29) is 11.6 Å². The van der Waals surface area contributed by atoms with Crippen molar-refractivity contribution in [1.29, 1.82) is 0 Å². The molecular weight excluding hydrogens is 346 g/mol. The number of nitro benzene ring substituents is 1. The van der Waals surface area contributed by atoms with Gasteiger partial charge in [-0.25, -0.2) is 9.99 Å². The number of hydrazone groups is 1. The number of hydrogen-bond acceptors (Lipinski definition) is 6. The Bertz CT molecular complexity index is 1100. The van der Waals surface area contributed by atoms with Gasteiger partial charge in [-0.15, -0.1) is 0 Å². The molecular formula is C19H15N5O3. The molecule has 1 aliphatic rings. The van der Waals surface area contributed by atoms with Crippen LogP contribution in [0.4, 0.5) is 5.69 Å². The minimum absolute atomic E-state index is 0.0370. The predicted molar refractivity (Wildman–Crippen MR) is 99.0 cm³/mol. The van der Waals surface area contributed by atoms with Crippen LogP contribution in [0.2, 0.25) is 0 Å². The van der Waals surface area contributed by atoms with Crippen molar-refractivity contribution in [2.24, 2.45) is 5.10 Å². The summed E-state index contributed by atoms with van der Waals surface area (Å²) in [5.74, 6) is -0.261. The molecule has 8 heteroatoms. The molecule has 27 heavy (non-hydrogen) atoms. The van der Waals surface area contributed by atoms with Crippen LogP contribution >= 0.6 is 0 Å². The Kier molecular flexibility index (Phi) is 4.08. The fourth-order valence-electron chi connectivity index (χ4n) is 3.20. The van der Waals surface area contributed by atoms with Crippen molar-refractivity contribution in [3.05, 3.63) is 76.1 Å². The molecule has 0 spiro atoms. The van der Waals surface area contributed by atoms with Crippen LogP contribution in [0.15, 0.2) is 59.8 Å². The third kappa shape index (κ3) is 3.01. The van der Waals surface area contributed by atoms with Crippen molar-refractivity contribution in [3.63, 3.8) is 0 Å². The molecule has 2 heterocycles. The van der Waals surface area contributed by atoms with Crippen molar-refractivity contribution < 1.29 is 9.72 Å². The molecule has 0 aliphatic carbocycles. The number of nitro groups is 1. The third-order valence-electron chi connectivity index (χ3n) is 4.45. The van der Waals surface area contributed by atoms with Crippen molar-refractivity contribution >= 4 is 28.3 Å². The fraction of sp³-hybridized carbons (Fsp3) is 0.158. The smallest absolute Gasteiger partial charge is 0.273 e. The molecule has 3 aromatic rings. The van der Waals surface area contributed by atoms with Gasteiger partial charge in [-0.05, 0) is 18.2 Å². The van der Waals surface area contributed by atoms with Gasteiger partial charge in [0.15, 0.2) is 0 Å². The molecule has 0 radical (unpaired) electrons. The van der Waals surface area contributed by atoms with Crippen molar-refractivity contribution in [2.45, 2.75) is 19.4 Å². The Balaban J connectivity index is 1.75. The molecule has 1 atom stereocenters. The predicted octanol–water partition coefficient (Wildman–Crippen LogP) is 3.24. The van der Waals surface area contributed by atoms with Crippen molar-refractivity contribution in [1.82, 2.24) is 15.0 Å². The molecule has 8 nitrogen and oxygen atoms in total. The highest BCUT2D eigenvalue weighted by molar-refractivity contribution is 6.06. The number of nitrogens with zero attached hydrogens (tertiary/aromatic N) is 5. The fourth-order valence-corrected chi connectivity index (χ4v) is 3.20. The molecule has 134 valence electrons. The Labute approximate surface area is 154 Å². The van der Waals surface area contributed by atoms with E-state index < -0.39 is 11.0 Å². The van der Waals surface area contributed by atoms with Crippen LogP contribution < -0.4 is 0 Å². The number of amides is 1. The van der Waals surface area contributed by atoms with Gasteiger partial charge in [0.2, 0.25) is 5.91 Å². The van der Waals surface area contributed by atoms with Gasteiger partial charge in [-0.3, -0.25) is 19.9 Å². The second-order valence-corrected chi connectivity index (χ2v) is 6.19. The number of rotatable bonds is 3. The van der Waals surface area contributed by atoms with Gasteiger partial charge in [0.1, 0.15) is 6.04 Å². The lowest BCUT2D eigenvalue weighted by molar-refractivity contribution is -0.385. The normalized spacial score (nSPS) is 16.4. The Hall–Kier alpha value is -3.68. The standard InChI is InChI=1S/C19H15N5O3/c1-12(25)23-19(17-11-20-14-7-3-4-8-15(14)21-17)10-16(22-23)13-6-2-5-9-18(13)24(26)27/h2-9,11,19H,10H2,1H3/t19-/m1/s1. The van der Waals surface area contributed by atoms with E-state index in [1.807, 2.05) is 24.3 Å². The average molecular weight is 361 g/mol. The molecule has 0 saturated heterocycles. The van der Waals surface area contributed by atoms with Crippen LogP contribution in [-0.2, 0) is 4.79 Å². The second kappa shape index (κ2) is 6.56. The first-order chi connectivity index (χ1) is 13.0. The van der Waals surface area contributed by atoms with E-state index in [4.69, 9.17) is 0 Å². The molecule has 0 fully saturated rings. The van der Waals surface area contributed by atoms with Gasteiger partial charge in [0.25, 0.3) is 5.69 Å². The summed E-state index contributed by atoms with van der Waals surface area (Å²) in [5, 5.41) is 17.0. The van der Waals surface area contributed by atoms with Crippen molar-refractivity contribution in [3.8, 4) is 0 Å². The van der Waals surface area contributed by atoms with E-state index in [9.17, 15) is 14.9 Å². The number of hydrogen-bond donors (Lipinski definition) is 0. The number of fused-ring (bicyclic) bond motifs is 1. The number of benzene rings is 2. The van der Waals surface area contributed by atoms with E-state index in [2.05, 4.69) is 15.1 Å². The topological polar surface area (TPSA) is 102 Å². The molecule has 1 amide bonds. The quantitative estimate of drug-likeness (QED) is 0.526. The van der Waals surface area contributed by atoms with E-state index in [0.29, 0.717) is 23.4 Å². The van der Waals surface area contributed by atoms with Gasteiger partial charge >= 0.3 is 0 Å². The maximum atomic E-state index is 12.1. The summed E-state index contributed by atoms with van der Waals surface area (Å²) in [7, 11) is 0. The Morgan fingerprint density at radius 2 is 1.85 bits per heavy atom. The summed E-state index contributed by atoms with van der Waals surface area (Å²) >= 11 is 0.